The van der Waals surface area contributed by atoms with Crippen molar-refractivity contribution < 1.29 is 4.74 Å². The lowest BCUT2D eigenvalue weighted by Gasteiger charge is -2.37. The molecule has 0 bridgehead atoms. The maximum atomic E-state index is 5.66. The van der Waals surface area contributed by atoms with E-state index in [1.54, 1.807) is 6.08 Å². The molecule has 1 rings (SSSR count). The molecule has 0 amide bonds. The highest BCUT2D eigenvalue weighted by atomic mass is 16.5. The second kappa shape index (κ2) is 5.01. The van der Waals surface area contributed by atoms with Crippen LogP contribution in [0, 0.1) is 0 Å². The lowest BCUT2D eigenvalue weighted by Crippen LogP contribution is -2.44. The number of ether oxygens (including phenoxy) is 1. The predicted molar refractivity (Wildman–Crippen MR) is 60.1 cm³/mol. The van der Waals surface area contributed by atoms with Crippen molar-refractivity contribution >= 4 is 0 Å². The minimum atomic E-state index is 0.284. The fourth-order valence-electron chi connectivity index (χ4n) is 1.81. The highest BCUT2D eigenvalue weighted by molar-refractivity contribution is 5.20. The van der Waals surface area contributed by atoms with E-state index in [0.29, 0.717) is 0 Å². The molecular formula is C12H19NO. The molecule has 0 N–H and O–H groups in total. The van der Waals surface area contributed by atoms with Crippen LogP contribution in [0.5, 0.6) is 0 Å². The van der Waals surface area contributed by atoms with Crippen LogP contribution in [0.3, 0.4) is 0 Å². The Morgan fingerprint density at radius 3 is 2.29 bits per heavy atom. The summed E-state index contributed by atoms with van der Waals surface area (Å²) < 4.78 is 5.66. The van der Waals surface area contributed by atoms with Crippen LogP contribution in [0.1, 0.15) is 13.8 Å². The molecule has 1 aliphatic rings. The van der Waals surface area contributed by atoms with Crippen LogP contribution in [0.2, 0.25) is 0 Å². The Bertz CT molecular complexity index is 235. The van der Waals surface area contributed by atoms with Gasteiger partial charge in [0.15, 0.2) is 0 Å². The Balaban J connectivity index is 2.70. The SMILES string of the molecule is C=C/C=C(\C=C)N1CC(C)OC(C)C1. The summed E-state index contributed by atoms with van der Waals surface area (Å²) in [5.74, 6) is 0. The summed E-state index contributed by atoms with van der Waals surface area (Å²) in [6.45, 7) is 13.5. The Kier molecular flexibility index (Phi) is 3.96. The molecule has 2 unspecified atom stereocenters. The van der Waals surface area contributed by atoms with Gasteiger partial charge in [-0.25, -0.2) is 0 Å². The average Bonchev–Trinajstić information content (AvgIpc) is 2.12. The molecule has 2 atom stereocenters. The second-order valence-corrected chi connectivity index (χ2v) is 3.69. The fraction of sp³-hybridized carbons (Fsp3) is 0.500. The summed E-state index contributed by atoms with van der Waals surface area (Å²) >= 11 is 0. The van der Waals surface area contributed by atoms with Crippen molar-refractivity contribution in [1.29, 1.82) is 0 Å². The van der Waals surface area contributed by atoms with E-state index < -0.39 is 0 Å². The second-order valence-electron chi connectivity index (χ2n) is 3.69. The maximum absolute atomic E-state index is 5.66. The Morgan fingerprint density at radius 2 is 1.86 bits per heavy atom. The number of hydrogen-bond donors (Lipinski definition) is 0. The van der Waals surface area contributed by atoms with Gasteiger partial charge in [-0.1, -0.05) is 19.2 Å². The largest absolute Gasteiger partial charge is 0.372 e. The van der Waals surface area contributed by atoms with Crippen LogP contribution in [0.25, 0.3) is 0 Å². The first-order chi connectivity index (χ1) is 6.67. The third-order valence-electron chi connectivity index (χ3n) is 2.28. The molecule has 78 valence electrons. The van der Waals surface area contributed by atoms with Gasteiger partial charge in [0.05, 0.1) is 12.2 Å². The molecule has 1 heterocycles. The van der Waals surface area contributed by atoms with Gasteiger partial charge in [0.1, 0.15) is 0 Å². The van der Waals surface area contributed by atoms with Gasteiger partial charge in [-0.3, -0.25) is 0 Å². The van der Waals surface area contributed by atoms with Crippen molar-refractivity contribution in [2.24, 2.45) is 0 Å². The smallest absolute Gasteiger partial charge is 0.0726 e. The molecule has 1 saturated heterocycles. The van der Waals surface area contributed by atoms with Gasteiger partial charge in [0, 0.05) is 18.8 Å². The van der Waals surface area contributed by atoms with Gasteiger partial charge in [0.2, 0.25) is 0 Å². The van der Waals surface area contributed by atoms with Crippen molar-refractivity contribution in [3.05, 3.63) is 37.1 Å². The van der Waals surface area contributed by atoms with Gasteiger partial charge in [0.25, 0.3) is 0 Å². The van der Waals surface area contributed by atoms with E-state index in [4.69, 9.17) is 4.74 Å². The minimum Gasteiger partial charge on any atom is -0.372 e. The quantitative estimate of drug-likeness (QED) is 0.638. The predicted octanol–water partition coefficient (Wildman–Crippen LogP) is 2.35. The van der Waals surface area contributed by atoms with Crippen LogP contribution >= 0.6 is 0 Å². The first-order valence-electron chi connectivity index (χ1n) is 5.03. The molecule has 2 heteroatoms. The van der Waals surface area contributed by atoms with Gasteiger partial charge >= 0.3 is 0 Å². The lowest BCUT2D eigenvalue weighted by atomic mass is 10.2. The number of nitrogens with zero attached hydrogens (tertiary/aromatic N) is 1. The Hall–Kier alpha value is -1.02. The number of hydrogen-bond acceptors (Lipinski definition) is 2. The van der Waals surface area contributed by atoms with Crippen LogP contribution < -0.4 is 0 Å². The van der Waals surface area contributed by atoms with Crippen molar-refractivity contribution in [3.8, 4) is 0 Å². The molecule has 1 aliphatic heterocycles. The zero-order chi connectivity index (χ0) is 10.6. The average molecular weight is 193 g/mol. The third kappa shape index (κ3) is 2.74. The third-order valence-corrected chi connectivity index (χ3v) is 2.28. The van der Waals surface area contributed by atoms with Crippen molar-refractivity contribution in [2.45, 2.75) is 26.1 Å². The van der Waals surface area contributed by atoms with E-state index in [0.717, 1.165) is 18.8 Å². The van der Waals surface area contributed by atoms with Crippen LogP contribution in [0.4, 0.5) is 0 Å². The van der Waals surface area contributed by atoms with E-state index in [9.17, 15) is 0 Å². The molecule has 2 nitrogen and oxygen atoms in total. The van der Waals surface area contributed by atoms with E-state index >= 15 is 0 Å². The summed E-state index contributed by atoms with van der Waals surface area (Å²) in [5.41, 5.74) is 1.13. The molecular weight excluding hydrogens is 174 g/mol. The van der Waals surface area contributed by atoms with Gasteiger partial charge in [-0.2, -0.15) is 0 Å². The fourth-order valence-corrected chi connectivity index (χ4v) is 1.81. The first-order valence-corrected chi connectivity index (χ1v) is 5.03. The zero-order valence-electron chi connectivity index (χ0n) is 9.07. The Morgan fingerprint density at radius 1 is 1.29 bits per heavy atom. The Labute approximate surface area is 86.6 Å². The lowest BCUT2D eigenvalue weighted by molar-refractivity contribution is -0.0566. The summed E-state index contributed by atoms with van der Waals surface area (Å²) in [6.07, 6.45) is 6.21. The van der Waals surface area contributed by atoms with Gasteiger partial charge < -0.3 is 9.64 Å². The number of morpholine rings is 1. The summed E-state index contributed by atoms with van der Waals surface area (Å²) in [4.78, 5) is 2.29. The first kappa shape index (κ1) is 11.1. The zero-order valence-corrected chi connectivity index (χ0v) is 9.07. The van der Waals surface area contributed by atoms with Crippen molar-refractivity contribution in [1.82, 2.24) is 4.90 Å². The number of rotatable bonds is 3. The monoisotopic (exact) mass is 193 g/mol. The highest BCUT2D eigenvalue weighted by Gasteiger charge is 2.22. The molecule has 0 saturated carbocycles. The standard InChI is InChI=1S/C12H19NO/c1-5-7-12(6-2)13-8-10(3)14-11(4)9-13/h5-7,10-11H,1-2,8-9H2,3-4H3/b12-7+. The normalized spacial score (nSPS) is 28.7. The summed E-state index contributed by atoms with van der Waals surface area (Å²) in [7, 11) is 0. The van der Waals surface area contributed by atoms with Gasteiger partial charge in [-0.15, -0.1) is 0 Å². The molecule has 0 aromatic heterocycles. The molecule has 0 aromatic rings. The topological polar surface area (TPSA) is 12.5 Å². The number of allylic oxidation sites excluding steroid dienone is 3. The van der Waals surface area contributed by atoms with Crippen LogP contribution in [0.15, 0.2) is 37.1 Å². The molecule has 0 spiro atoms. The molecule has 1 fully saturated rings. The maximum Gasteiger partial charge on any atom is 0.0726 e. The van der Waals surface area contributed by atoms with Crippen molar-refractivity contribution in [3.63, 3.8) is 0 Å². The van der Waals surface area contributed by atoms with Crippen LogP contribution in [-0.4, -0.2) is 30.2 Å². The summed E-state index contributed by atoms with van der Waals surface area (Å²) in [5, 5.41) is 0. The molecule has 14 heavy (non-hydrogen) atoms. The van der Waals surface area contributed by atoms with E-state index in [1.165, 1.54) is 0 Å². The van der Waals surface area contributed by atoms with E-state index in [-0.39, 0.29) is 12.2 Å². The summed E-state index contributed by atoms with van der Waals surface area (Å²) in [6, 6.07) is 0. The van der Waals surface area contributed by atoms with Gasteiger partial charge in [-0.05, 0) is 26.0 Å². The van der Waals surface area contributed by atoms with E-state index in [2.05, 4.69) is 31.9 Å². The van der Waals surface area contributed by atoms with E-state index in [1.807, 2.05) is 12.2 Å². The van der Waals surface area contributed by atoms with Crippen LogP contribution in [-0.2, 0) is 4.74 Å². The van der Waals surface area contributed by atoms with Crippen molar-refractivity contribution in [2.75, 3.05) is 13.1 Å². The molecule has 0 aliphatic carbocycles. The minimum absolute atomic E-state index is 0.284. The molecule has 0 aromatic carbocycles. The molecule has 0 radical (unpaired) electrons. The highest BCUT2D eigenvalue weighted by Crippen LogP contribution is 2.16.